The lowest BCUT2D eigenvalue weighted by Crippen LogP contribution is -2.34. The molecular weight excluding hydrogens is 334 g/mol. The average Bonchev–Trinajstić information content (AvgIpc) is 2.66. The Morgan fingerprint density at radius 2 is 1.88 bits per heavy atom. The van der Waals surface area contributed by atoms with Crippen LogP contribution in [-0.2, 0) is 9.59 Å². The average molecular weight is 353 g/mol. The summed E-state index contributed by atoms with van der Waals surface area (Å²) in [6.07, 6.45) is 4.28. The Bertz CT molecular complexity index is 814. The summed E-state index contributed by atoms with van der Waals surface area (Å²) in [5.41, 5.74) is 3.57. The van der Waals surface area contributed by atoms with Gasteiger partial charge in [-0.1, -0.05) is 24.3 Å². The number of nitrogens with zero attached hydrogens (tertiary/aromatic N) is 1. The maximum absolute atomic E-state index is 11.7. The molecule has 2 amide bonds. The van der Waals surface area contributed by atoms with Crippen molar-refractivity contribution in [3.8, 4) is 11.5 Å². The van der Waals surface area contributed by atoms with Crippen LogP contribution in [0.2, 0.25) is 0 Å². The number of para-hydroxylation sites is 1. The molecular formula is C19H19N3O4. The first-order chi connectivity index (χ1) is 12.6. The van der Waals surface area contributed by atoms with Crippen molar-refractivity contribution < 1.29 is 19.4 Å². The smallest absolute Gasteiger partial charge is 0.259 e. The molecule has 2 aromatic rings. The second-order valence-electron chi connectivity index (χ2n) is 5.18. The molecule has 0 aliphatic heterocycles. The highest BCUT2D eigenvalue weighted by Crippen LogP contribution is 2.13. The summed E-state index contributed by atoms with van der Waals surface area (Å²) in [5.74, 6) is -0.0985. The fourth-order valence-electron chi connectivity index (χ4n) is 1.92. The first kappa shape index (κ1) is 18.7. The number of amides is 2. The summed E-state index contributed by atoms with van der Waals surface area (Å²) in [6, 6.07) is 13.8. The van der Waals surface area contributed by atoms with Gasteiger partial charge in [-0.3, -0.25) is 9.59 Å². The Morgan fingerprint density at radius 1 is 1.15 bits per heavy atom. The minimum Gasteiger partial charge on any atom is -0.507 e. The molecule has 26 heavy (non-hydrogen) atoms. The second-order valence-corrected chi connectivity index (χ2v) is 5.18. The molecule has 0 aromatic heterocycles. The third-order valence-electron chi connectivity index (χ3n) is 3.30. The highest BCUT2D eigenvalue weighted by atomic mass is 16.5. The molecule has 0 aliphatic carbocycles. The van der Waals surface area contributed by atoms with E-state index in [1.807, 2.05) is 12.1 Å². The van der Waals surface area contributed by atoms with Gasteiger partial charge in [0.15, 0.2) is 0 Å². The number of aromatic hydroxyl groups is 1. The summed E-state index contributed by atoms with van der Waals surface area (Å²) in [4.78, 5) is 23.3. The standard InChI is InChI=1S/C19H19N3O4/c1-26-16-9-6-14(7-10-16)8-11-18(24)20-13-19(25)22-21-12-15-4-2-3-5-17(15)23/h2-12,23H,13H2,1H3,(H,20,24)(H,22,25). The fraction of sp³-hybridized carbons (Fsp3) is 0.105. The Hall–Kier alpha value is -3.61. The van der Waals surface area contributed by atoms with E-state index in [1.54, 1.807) is 43.5 Å². The first-order valence-corrected chi connectivity index (χ1v) is 7.78. The van der Waals surface area contributed by atoms with E-state index in [0.717, 1.165) is 11.3 Å². The van der Waals surface area contributed by atoms with E-state index < -0.39 is 11.8 Å². The van der Waals surface area contributed by atoms with Gasteiger partial charge in [0.05, 0.1) is 19.9 Å². The van der Waals surface area contributed by atoms with Crippen LogP contribution in [0.1, 0.15) is 11.1 Å². The van der Waals surface area contributed by atoms with E-state index in [9.17, 15) is 14.7 Å². The zero-order chi connectivity index (χ0) is 18.8. The maximum Gasteiger partial charge on any atom is 0.259 e. The number of methoxy groups -OCH3 is 1. The number of hydrogen-bond donors (Lipinski definition) is 3. The normalized spacial score (nSPS) is 10.8. The van der Waals surface area contributed by atoms with E-state index >= 15 is 0 Å². The van der Waals surface area contributed by atoms with Crippen LogP contribution in [0.5, 0.6) is 11.5 Å². The number of nitrogens with one attached hydrogen (secondary N) is 2. The highest BCUT2D eigenvalue weighted by molar-refractivity contribution is 5.94. The fourth-order valence-corrected chi connectivity index (χ4v) is 1.92. The molecule has 3 N–H and O–H groups in total. The number of carbonyl (C=O) groups is 2. The summed E-state index contributed by atoms with van der Waals surface area (Å²) in [6.45, 7) is -0.218. The third kappa shape index (κ3) is 6.12. The van der Waals surface area contributed by atoms with Gasteiger partial charge < -0.3 is 15.2 Å². The Morgan fingerprint density at radius 3 is 2.58 bits per heavy atom. The lowest BCUT2D eigenvalue weighted by Gasteiger charge is -2.02. The lowest BCUT2D eigenvalue weighted by atomic mass is 10.2. The van der Waals surface area contributed by atoms with Gasteiger partial charge in [-0.05, 0) is 35.9 Å². The number of hydrogen-bond acceptors (Lipinski definition) is 5. The molecule has 0 radical (unpaired) electrons. The van der Waals surface area contributed by atoms with Crippen molar-refractivity contribution in [2.45, 2.75) is 0 Å². The number of benzene rings is 2. The largest absolute Gasteiger partial charge is 0.507 e. The molecule has 7 heteroatoms. The quantitative estimate of drug-likeness (QED) is 0.400. The lowest BCUT2D eigenvalue weighted by molar-refractivity contribution is -0.123. The second kappa shape index (κ2) is 9.63. The van der Waals surface area contributed by atoms with Crippen LogP contribution >= 0.6 is 0 Å². The van der Waals surface area contributed by atoms with Crippen molar-refractivity contribution in [2.75, 3.05) is 13.7 Å². The van der Waals surface area contributed by atoms with Crippen molar-refractivity contribution in [1.82, 2.24) is 10.7 Å². The molecule has 7 nitrogen and oxygen atoms in total. The number of phenolic OH excluding ortho intramolecular Hbond substituents is 1. The van der Waals surface area contributed by atoms with Crippen molar-refractivity contribution in [2.24, 2.45) is 5.10 Å². The van der Waals surface area contributed by atoms with Crippen LogP contribution in [-0.4, -0.2) is 36.8 Å². The number of ether oxygens (including phenoxy) is 1. The van der Waals surface area contributed by atoms with E-state index in [-0.39, 0.29) is 12.3 Å². The van der Waals surface area contributed by atoms with Gasteiger partial charge in [-0.15, -0.1) is 0 Å². The van der Waals surface area contributed by atoms with E-state index in [1.165, 1.54) is 18.4 Å². The van der Waals surface area contributed by atoms with Crippen LogP contribution in [0.25, 0.3) is 6.08 Å². The summed E-state index contributed by atoms with van der Waals surface area (Å²) < 4.78 is 5.05. The van der Waals surface area contributed by atoms with Crippen LogP contribution < -0.4 is 15.5 Å². The zero-order valence-corrected chi connectivity index (χ0v) is 14.2. The topological polar surface area (TPSA) is 100 Å². The highest BCUT2D eigenvalue weighted by Gasteiger charge is 2.02. The number of phenols is 1. The molecule has 2 aromatic carbocycles. The Labute approximate surface area is 151 Å². The maximum atomic E-state index is 11.7. The third-order valence-corrected chi connectivity index (χ3v) is 3.30. The summed E-state index contributed by atoms with van der Waals surface area (Å²) in [5, 5.41) is 15.7. The minimum atomic E-state index is -0.483. The van der Waals surface area contributed by atoms with Crippen LogP contribution in [0, 0.1) is 0 Å². The van der Waals surface area contributed by atoms with Crippen LogP contribution in [0.4, 0.5) is 0 Å². The molecule has 0 spiro atoms. The molecule has 0 saturated heterocycles. The molecule has 0 unspecified atom stereocenters. The number of carbonyl (C=O) groups excluding carboxylic acids is 2. The molecule has 0 saturated carbocycles. The van der Waals surface area contributed by atoms with E-state index in [4.69, 9.17) is 4.74 Å². The minimum absolute atomic E-state index is 0.0578. The predicted molar refractivity (Wildman–Crippen MR) is 98.9 cm³/mol. The SMILES string of the molecule is COc1ccc(C=CC(=O)NCC(=O)NN=Cc2ccccc2O)cc1. The van der Waals surface area contributed by atoms with E-state index in [0.29, 0.717) is 5.56 Å². The van der Waals surface area contributed by atoms with Gasteiger partial charge in [0.2, 0.25) is 5.91 Å². The van der Waals surface area contributed by atoms with Gasteiger partial charge in [0.1, 0.15) is 11.5 Å². The van der Waals surface area contributed by atoms with Gasteiger partial charge in [0.25, 0.3) is 5.91 Å². The Balaban J connectivity index is 1.75. The van der Waals surface area contributed by atoms with E-state index in [2.05, 4.69) is 15.8 Å². The van der Waals surface area contributed by atoms with Crippen LogP contribution in [0.3, 0.4) is 0 Å². The van der Waals surface area contributed by atoms with Crippen molar-refractivity contribution >= 4 is 24.1 Å². The monoisotopic (exact) mass is 353 g/mol. The number of rotatable bonds is 7. The van der Waals surface area contributed by atoms with Crippen LogP contribution in [0.15, 0.2) is 59.7 Å². The van der Waals surface area contributed by atoms with Crippen molar-refractivity contribution in [3.63, 3.8) is 0 Å². The summed E-state index contributed by atoms with van der Waals surface area (Å²) >= 11 is 0. The Kier molecular flexibility index (Phi) is 6.93. The van der Waals surface area contributed by atoms with Crippen molar-refractivity contribution in [3.05, 3.63) is 65.7 Å². The first-order valence-electron chi connectivity index (χ1n) is 7.78. The zero-order valence-electron chi connectivity index (χ0n) is 14.2. The summed E-state index contributed by atoms with van der Waals surface area (Å²) in [7, 11) is 1.58. The molecule has 0 fully saturated rings. The molecule has 0 bridgehead atoms. The molecule has 0 heterocycles. The van der Waals surface area contributed by atoms with Gasteiger partial charge in [0, 0.05) is 11.6 Å². The van der Waals surface area contributed by atoms with Gasteiger partial charge >= 0.3 is 0 Å². The molecule has 0 atom stereocenters. The van der Waals surface area contributed by atoms with Gasteiger partial charge in [-0.25, -0.2) is 5.43 Å². The van der Waals surface area contributed by atoms with Crippen molar-refractivity contribution in [1.29, 1.82) is 0 Å². The molecule has 2 rings (SSSR count). The number of hydrazone groups is 1. The molecule has 0 aliphatic rings. The molecule has 134 valence electrons. The predicted octanol–water partition coefficient (Wildman–Crippen LogP) is 1.68. The van der Waals surface area contributed by atoms with Gasteiger partial charge in [-0.2, -0.15) is 5.10 Å².